The van der Waals surface area contributed by atoms with Crippen LogP contribution in [0.15, 0.2) is 30.5 Å². The highest BCUT2D eigenvalue weighted by atomic mass is 19.3. The molecule has 0 bridgehead atoms. The SMILES string of the molecule is Cn1cc(C(=O)C(F)F)c2ccccc21. The molecule has 0 radical (unpaired) electrons. The maximum atomic E-state index is 12.3. The third-order valence-corrected chi connectivity index (χ3v) is 2.36. The standard InChI is InChI=1S/C11H9F2NO/c1-14-6-8(10(15)11(12)13)7-4-2-3-5-9(7)14/h2-6,11H,1H3. The van der Waals surface area contributed by atoms with E-state index in [2.05, 4.69) is 0 Å². The molecule has 4 heteroatoms. The van der Waals surface area contributed by atoms with E-state index >= 15 is 0 Å². The monoisotopic (exact) mass is 209 g/mol. The van der Waals surface area contributed by atoms with E-state index in [1.54, 1.807) is 35.9 Å². The van der Waals surface area contributed by atoms with Gasteiger partial charge in [-0.05, 0) is 6.07 Å². The number of Topliss-reactive ketones (excluding diaryl/α,β-unsaturated/α-hetero) is 1. The average Bonchev–Trinajstić information content (AvgIpc) is 2.56. The van der Waals surface area contributed by atoms with Crippen molar-refractivity contribution in [1.82, 2.24) is 4.57 Å². The van der Waals surface area contributed by atoms with Crippen LogP contribution in [0.4, 0.5) is 8.78 Å². The Balaban J connectivity index is 2.67. The lowest BCUT2D eigenvalue weighted by atomic mass is 10.1. The molecule has 0 spiro atoms. The minimum atomic E-state index is -2.95. The van der Waals surface area contributed by atoms with E-state index in [4.69, 9.17) is 0 Å². The predicted octanol–water partition coefficient (Wildman–Crippen LogP) is 2.63. The van der Waals surface area contributed by atoms with Crippen molar-refractivity contribution in [3.05, 3.63) is 36.0 Å². The third kappa shape index (κ3) is 1.52. The normalized spacial score (nSPS) is 11.2. The van der Waals surface area contributed by atoms with Crippen LogP contribution in [0.2, 0.25) is 0 Å². The van der Waals surface area contributed by atoms with Crippen molar-refractivity contribution in [2.45, 2.75) is 6.43 Å². The molecule has 15 heavy (non-hydrogen) atoms. The van der Waals surface area contributed by atoms with Gasteiger partial charge in [-0.3, -0.25) is 4.79 Å². The van der Waals surface area contributed by atoms with Crippen molar-refractivity contribution < 1.29 is 13.6 Å². The Morgan fingerprint density at radius 2 is 2.00 bits per heavy atom. The molecule has 1 aromatic heterocycles. The lowest BCUT2D eigenvalue weighted by Crippen LogP contribution is -2.09. The molecule has 2 aromatic rings. The summed E-state index contributed by atoms with van der Waals surface area (Å²) in [5.74, 6) is -1.12. The Labute approximate surface area is 85.1 Å². The van der Waals surface area contributed by atoms with Crippen LogP contribution in [0.3, 0.4) is 0 Å². The largest absolute Gasteiger partial charge is 0.350 e. The molecule has 0 N–H and O–H groups in total. The molecule has 2 nitrogen and oxygen atoms in total. The zero-order chi connectivity index (χ0) is 11.0. The van der Waals surface area contributed by atoms with Gasteiger partial charge in [0, 0.05) is 29.7 Å². The van der Waals surface area contributed by atoms with Crippen molar-refractivity contribution in [1.29, 1.82) is 0 Å². The summed E-state index contributed by atoms with van der Waals surface area (Å²) in [4.78, 5) is 11.2. The maximum Gasteiger partial charge on any atom is 0.300 e. The van der Waals surface area contributed by atoms with E-state index in [0.717, 1.165) is 5.52 Å². The molecule has 0 aliphatic heterocycles. The summed E-state index contributed by atoms with van der Waals surface area (Å²) < 4.78 is 26.3. The summed E-state index contributed by atoms with van der Waals surface area (Å²) in [6, 6.07) is 6.99. The number of ketones is 1. The average molecular weight is 209 g/mol. The van der Waals surface area contributed by atoms with Gasteiger partial charge in [0.15, 0.2) is 0 Å². The molecule has 0 unspecified atom stereocenters. The first-order chi connectivity index (χ1) is 7.11. The van der Waals surface area contributed by atoms with Crippen molar-refractivity contribution in [2.75, 3.05) is 0 Å². The summed E-state index contributed by atoms with van der Waals surface area (Å²) in [5, 5.41) is 0.574. The van der Waals surface area contributed by atoms with Crippen LogP contribution in [0.25, 0.3) is 10.9 Å². The summed E-state index contributed by atoms with van der Waals surface area (Å²) in [6.07, 6.45) is -1.50. The first-order valence-electron chi connectivity index (χ1n) is 4.47. The predicted molar refractivity (Wildman–Crippen MR) is 53.3 cm³/mol. The number of alkyl halides is 2. The second-order valence-corrected chi connectivity index (χ2v) is 3.34. The van der Waals surface area contributed by atoms with Crippen LogP contribution in [0, 0.1) is 0 Å². The van der Waals surface area contributed by atoms with Gasteiger partial charge in [0.2, 0.25) is 5.78 Å². The Bertz CT molecular complexity index is 516. The van der Waals surface area contributed by atoms with Gasteiger partial charge in [0.05, 0.1) is 0 Å². The van der Waals surface area contributed by atoms with Crippen LogP contribution in [-0.4, -0.2) is 16.8 Å². The number of carbonyl (C=O) groups is 1. The highest BCUT2D eigenvalue weighted by Crippen LogP contribution is 2.22. The molecule has 0 saturated heterocycles. The number of nitrogens with zero attached hydrogens (tertiary/aromatic N) is 1. The molecule has 2 rings (SSSR count). The first kappa shape index (κ1) is 9.83. The second kappa shape index (κ2) is 3.46. The Morgan fingerprint density at radius 1 is 1.33 bits per heavy atom. The van der Waals surface area contributed by atoms with E-state index in [1.807, 2.05) is 0 Å². The summed E-state index contributed by atoms with van der Waals surface area (Å²) in [5.41, 5.74) is 0.865. The number of rotatable bonds is 2. The minimum absolute atomic E-state index is 0.0862. The molecular formula is C11H9F2NO. The summed E-state index contributed by atoms with van der Waals surface area (Å²) in [7, 11) is 1.73. The van der Waals surface area contributed by atoms with Gasteiger partial charge in [-0.2, -0.15) is 0 Å². The van der Waals surface area contributed by atoms with Gasteiger partial charge < -0.3 is 4.57 Å². The second-order valence-electron chi connectivity index (χ2n) is 3.34. The van der Waals surface area contributed by atoms with Crippen molar-refractivity contribution in [2.24, 2.45) is 7.05 Å². The van der Waals surface area contributed by atoms with Crippen molar-refractivity contribution >= 4 is 16.7 Å². The topological polar surface area (TPSA) is 22.0 Å². The van der Waals surface area contributed by atoms with E-state index < -0.39 is 12.2 Å². The molecule has 0 fully saturated rings. The van der Waals surface area contributed by atoms with Gasteiger partial charge in [0.1, 0.15) is 0 Å². The fourth-order valence-corrected chi connectivity index (χ4v) is 1.66. The van der Waals surface area contributed by atoms with Crippen molar-refractivity contribution in [3.8, 4) is 0 Å². The Hall–Kier alpha value is -1.71. The van der Waals surface area contributed by atoms with E-state index in [-0.39, 0.29) is 5.56 Å². The van der Waals surface area contributed by atoms with E-state index in [1.165, 1.54) is 6.20 Å². The summed E-state index contributed by atoms with van der Waals surface area (Å²) in [6.45, 7) is 0. The number of hydrogen-bond donors (Lipinski definition) is 0. The molecule has 0 aliphatic rings. The lowest BCUT2D eigenvalue weighted by Gasteiger charge is -1.96. The smallest absolute Gasteiger partial charge is 0.300 e. The molecule has 0 saturated carbocycles. The van der Waals surface area contributed by atoms with Crippen LogP contribution in [-0.2, 0) is 7.05 Å². The molecule has 1 aromatic carbocycles. The molecule has 78 valence electrons. The number of halogens is 2. The number of benzene rings is 1. The highest BCUT2D eigenvalue weighted by molar-refractivity contribution is 6.09. The number of fused-ring (bicyclic) bond motifs is 1. The van der Waals surface area contributed by atoms with Crippen LogP contribution >= 0.6 is 0 Å². The fourth-order valence-electron chi connectivity index (χ4n) is 1.66. The number of para-hydroxylation sites is 1. The Morgan fingerprint density at radius 3 is 2.67 bits per heavy atom. The molecule has 1 heterocycles. The quantitative estimate of drug-likeness (QED) is 0.697. The van der Waals surface area contributed by atoms with Crippen molar-refractivity contribution in [3.63, 3.8) is 0 Å². The van der Waals surface area contributed by atoms with Gasteiger partial charge in [-0.25, -0.2) is 8.78 Å². The summed E-state index contributed by atoms with van der Waals surface area (Å²) >= 11 is 0. The lowest BCUT2D eigenvalue weighted by molar-refractivity contribution is 0.0680. The maximum absolute atomic E-state index is 12.3. The zero-order valence-corrected chi connectivity index (χ0v) is 8.08. The van der Waals surface area contributed by atoms with Gasteiger partial charge in [0.25, 0.3) is 0 Å². The van der Waals surface area contributed by atoms with E-state index in [9.17, 15) is 13.6 Å². The molecule has 0 amide bonds. The van der Waals surface area contributed by atoms with Crippen LogP contribution in [0.1, 0.15) is 10.4 Å². The molecule has 0 atom stereocenters. The number of aromatic nitrogens is 1. The Kier molecular flexibility index (Phi) is 2.26. The van der Waals surface area contributed by atoms with Crippen LogP contribution in [0.5, 0.6) is 0 Å². The fraction of sp³-hybridized carbons (Fsp3) is 0.182. The minimum Gasteiger partial charge on any atom is -0.350 e. The molecular weight excluding hydrogens is 200 g/mol. The number of hydrogen-bond acceptors (Lipinski definition) is 1. The van der Waals surface area contributed by atoms with E-state index in [0.29, 0.717) is 5.39 Å². The first-order valence-corrected chi connectivity index (χ1v) is 4.47. The number of carbonyl (C=O) groups excluding carboxylic acids is 1. The highest BCUT2D eigenvalue weighted by Gasteiger charge is 2.21. The van der Waals surface area contributed by atoms with Gasteiger partial charge in [-0.15, -0.1) is 0 Å². The third-order valence-electron chi connectivity index (χ3n) is 2.36. The zero-order valence-electron chi connectivity index (χ0n) is 8.08. The van der Waals surface area contributed by atoms with Gasteiger partial charge in [-0.1, -0.05) is 18.2 Å². The van der Waals surface area contributed by atoms with Crippen LogP contribution < -0.4 is 0 Å². The molecule has 0 aliphatic carbocycles. The van der Waals surface area contributed by atoms with Gasteiger partial charge >= 0.3 is 6.43 Å². The number of aryl methyl sites for hydroxylation is 1.